The third-order valence-corrected chi connectivity index (χ3v) is 11.9. The van der Waals surface area contributed by atoms with Gasteiger partial charge in [0.15, 0.2) is 0 Å². The second-order valence-corrected chi connectivity index (χ2v) is 14.4. The highest BCUT2D eigenvalue weighted by Crippen LogP contribution is 2.42. The summed E-state index contributed by atoms with van der Waals surface area (Å²) >= 11 is 1.92. The number of aromatic nitrogens is 3. The van der Waals surface area contributed by atoms with Crippen LogP contribution in [0, 0.1) is 0 Å². The number of thiophene rings is 1. The molecule has 0 aliphatic heterocycles. The summed E-state index contributed by atoms with van der Waals surface area (Å²) in [5, 5.41) is 6.42. The highest BCUT2D eigenvalue weighted by atomic mass is 32.1. The smallest absolute Gasteiger partial charge is 0.0703 e. The van der Waals surface area contributed by atoms with Crippen molar-refractivity contribution in [3.8, 4) is 22.5 Å². The van der Waals surface area contributed by atoms with Crippen LogP contribution in [-0.2, 0) is 12.8 Å². The molecule has 5 aromatic carbocycles. The van der Waals surface area contributed by atoms with E-state index in [-0.39, 0.29) is 0 Å². The summed E-state index contributed by atoms with van der Waals surface area (Å²) < 4.78 is 6.29. The zero-order chi connectivity index (χ0) is 32.1. The minimum absolute atomic E-state index is 1.01. The molecule has 0 fully saturated rings. The number of fused-ring (bicyclic) bond motifs is 10. The van der Waals surface area contributed by atoms with Gasteiger partial charge in [-0.25, -0.2) is 0 Å². The fraction of sp³-hybridized carbons (Fsp3) is 0.0889. The number of rotatable bonds is 3. The van der Waals surface area contributed by atoms with Crippen molar-refractivity contribution in [3.63, 3.8) is 0 Å². The SMILES string of the molecule is C1=Cc2sc3c(-c4cnc5ccc(-n6c7c(c8cc(-n9c%10ccccc%10c%10ccccc%109)ccc86)C=CCC7)cc5c4)cccc3c2CC1. The zero-order valence-electron chi connectivity index (χ0n) is 26.9. The molecule has 49 heavy (non-hydrogen) atoms. The van der Waals surface area contributed by atoms with Crippen LogP contribution in [-0.4, -0.2) is 14.1 Å². The molecule has 0 spiro atoms. The van der Waals surface area contributed by atoms with Crippen LogP contribution >= 0.6 is 11.3 Å². The Balaban J connectivity index is 1.09. The normalized spacial score (nSPS) is 14.0. The van der Waals surface area contributed by atoms with E-state index in [0.717, 1.165) is 36.6 Å². The summed E-state index contributed by atoms with van der Waals surface area (Å²) in [5.41, 5.74) is 13.8. The van der Waals surface area contributed by atoms with Crippen molar-refractivity contribution >= 4 is 77.2 Å². The molecule has 0 radical (unpaired) electrons. The van der Waals surface area contributed by atoms with Crippen molar-refractivity contribution < 1.29 is 0 Å². The van der Waals surface area contributed by atoms with E-state index >= 15 is 0 Å². The summed E-state index contributed by atoms with van der Waals surface area (Å²) in [6.07, 6.45) is 15.6. The van der Waals surface area contributed by atoms with Gasteiger partial charge in [0.05, 0.1) is 22.1 Å². The number of hydrogen-bond acceptors (Lipinski definition) is 2. The zero-order valence-corrected chi connectivity index (χ0v) is 27.7. The van der Waals surface area contributed by atoms with Gasteiger partial charge in [0.2, 0.25) is 0 Å². The summed E-state index contributed by atoms with van der Waals surface area (Å²) in [6.45, 7) is 0. The maximum Gasteiger partial charge on any atom is 0.0703 e. The molecule has 4 heteroatoms. The van der Waals surface area contributed by atoms with Gasteiger partial charge in [0.1, 0.15) is 0 Å². The molecule has 232 valence electrons. The lowest BCUT2D eigenvalue weighted by Crippen LogP contribution is -2.03. The maximum absolute atomic E-state index is 4.98. The Kier molecular flexibility index (Phi) is 5.78. The van der Waals surface area contributed by atoms with Crippen molar-refractivity contribution in [3.05, 3.63) is 149 Å². The van der Waals surface area contributed by atoms with Crippen LogP contribution < -0.4 is 0 Å². The number of aryl methyl sites for hydroxylation is 1. The first-order valence-corrected chi connectivity index (χ1v) is 18.1. The van der Waals surface area contributed by atoms with Gasteiger partial charge in [-0.05, 0) is 97.3 Å². The van der Waals surface area contributed by atoms with E-state index in [1.54, 1.807) is 0 Å². The van der Waals surface area contributed by atoms with Gasteiger partial charge >= 0.3 is 0 Å². The molecule has 0 saturated heterocycles. The van der Waals surface area contributed by atoms with Crippen LogP contribution in [0.25, 0.3) is 88.4 Å². The Hall–Kier alpha value is -5.71. The number of para-hydroxylation sites is 2. The standard InChI is InChI=1S/C45H31N3S/c1-5-16-40-33(10-1)34-11-2-6-17-41(34)48(40)31-21-23-43-38(26-31)35-12-3-7-18-42(35)47(43)30-20-22-39-28(25-30)24-29(27-46-39)32-14-9-15-37-36-13-4-8-19-44(36)49-45(32)37/h1-3,5-6,8-12,14-17,19-27H,4,7,13,18H2. The predicted molar refractivity (Wildman–Crippen MR) is 208 cm³/mol. The lowest BCUT2D eigenvalue weighted by atomic mass is 9.98. The van der Waals surface area contributed by atoms with Crippen LogP contribution in [0.5, 0.6) is 0 Å². The van der Waals surface area contributed by atoms with Crippen LogP contribution in [0.15, 0.2) is 128 Å². The minimum atomic E-state index is 1.01. The number of hydrogen-bond donors (Lipinski definition) is 0. The molecule has 0 unspecified atom stereocenters. The highest BCUT2D eigenvalue weighted by Gasteiger charge is 2.21. The summed E-state index contributed by atoms with van der Waals surface area (Å²) in [5.74, 6) is 0. The molecule has 4 aromatic heterocycles. The molecular weight excluding hydrogens is 615 g/mol. The van der Waals surface area contributed by atoms with Gasteiger partial charge in [0.25, 0.3) is 0 Å². The van der Waals surface area contributed by atoms with E-state index in [1.165, 1.54) is 87.0 Å². The van der Waals surface area contributed by atoms with Gasteiger partial charge in [0, 0.05) is 71.1 Å². The number of nitrogens with zero attached hydrogens (tertiary/aromatic N) is 3. The summed E-state index contributed by atoms with van der Waals surface area (Å²) in [4.78, 5) is 6.38. The molecule has 3 nitrogen and oxygen atoms in total. The lowest BCUT2D eigenvalue weighted by molar-refractivity contribution is 0.889. The third-order valence-electron chi connectivity index (χ3n) is 10.7. The van der Waals surface area contributed by atoms with E-state index in [2.05, 4.69) is 149 Å². The Morgan fingerprint density at radius 1 is 0.592 bits per heavy atom. The molecule has 0 N–H and O–H groups in total. The number of pyridine rings is 1. The molecule has 9 aromatic rings. The predicted octanol–water partition coefficient (Wildman–Crippen LogP) is 12.1. The monoisotopic (exact) mass is 645 g/mol. The van der Waals surface area contributed by atoms with E-state index in [1.807, 2.05) is 11.3 Å². The van der Waals surface area contributed by atoms with Crippen LogP contribution in [0.4, 0.5) is 0 Å². The van der Waals surface area contributed by atoms with E-state index in [4.69, 9.17) is 4.98 Å². The molecule has 0 amide bonds. The van der Waals surface area contributed by atoms with E-state index < -0.39 is 0 Å². The van der Waals surface area contributed by atoms with Crippen molar-refractivity contribution in [2.24, 2.45) is 0 Å². The molecule has 2 aliphatic rings. The largest absolute Gasteiger partial charge is 0.313 e. The summed E-state index contributed by atoms with van der Waals surface area (Å²) in [7, 11) is 0. The molecule has 0 saturated carbocycles. The average Bonchev–Trinajstić information content (AvgIpc) is 3.82. The first-order valence-electron chi connectivity index (χ1n) is 17.2. The Morgan fingerprint density at radius 2 is 1.33 bits per heavy atom. The Labute approximate surface area is 287 Å². The Bertz CT molecular complexity index is 2840. The van der Waals surface area contributed by atoms with Crippen LogP contribution in [0.1, 0.15) is 34.5 Å². The van der Waals surface area contributed by atoms with Crippen LogP contribution in [0.2, 0.25) is 0 Å². The molecule has 4 heterocycles. The van der Waals surface area contributed by atoms with Gasteiger partial charge < -0.3 is 9.13 Å². The molecular formula is C45H31N3S. The van der Waals surface area contributed by atoms with Gasteiger partial charge in [-0.1, -0.05) is 72.8 Å². The maximum atomic E-state index is 4.98. The second-order valence-electron chi connectivity index (χ2n) is 13.4. The summed E-state index contributed by atoms with van der Waals surface area (Å²) in [6, 6.07) is 40.4. The third kappa shape index (κ3) is 3.98. The van der Waals surface area contributed by atoms with E-state index in [9.17, 15) is 0 Å². The number of benzene rings is 5. The van der Waals surface area contributed by atoms with Crippen molar-refractivity contribution in [2.75, 3.05) is 0 Å². The first-order chi connectivity index (χ1) is 24.3. The van der Waals surface area contributed by atoms with Gasteiger partial charge in [-0.3, -0.25) is 4.98 Å². The van der Waals surface area contributed by atoms with Crippen molar-refractivity contribution in [2.45, 2.75) is 25.7 Å². The van der Waals surface area contributed by atoms with Crippen LogP contribution in [0.3, 0.4) is 0 Å². The van der Waals surface area contributed by atoms with Crippen molar-refractivity contribution in [1.82, 2.24) is 14.1 Å². The van der Waals surface area contributed by atoms with E-state index in [0.29, 0.717) is 0 Å². The lowest BCUT2D eigenvalue weighted by Gasteiger charge is -2.14. The topological polar surface area (TPSA) is 22.8 Å². The quantitative estimate of drug-likeness (QED) is 0.187. The van der Waals surface area contributed by atoms with Gasteiger partial charge in [-0.15, -0.1) is 11.3 Å². The highest BCUT2D eigenvalue weighted by molar-refractivity contribution is 7.20. The van der Waals surface area contributed by atoms with Gasteiger partial charge in [-0.2, -0.15) is 0 Å². The fourth-order valence-electron chi connectivity index (χ4n) is 8.48. The van der Waals surface area contributed by atoms with Crippen molar-refractivity contribution in [1.29, 1.82) is 0 Å². The molecule has 0 atom stereocenters. The first kappa shape index (κ1) is 27.3. The molecule has 0 bridgehead atoms. The molecule has 2 aliphatic carbocycles. The minimum Gasteiger partial charge on any atom is -0.313 e. The Morgan fingerprint density at radius 3 is 2.20 bits per heavy atom. The average molecular weight is 646 g/mol. The fourth-order valence-corrected chi connectivity index (χ4v) is 9.79. The molecule has 11 rings (SSSR count). The second kappa shape index (κ2) is 10.4. The number of allylic oxidation sites excluding steroid dienone is 2.